The maximum Gasteiger partial charge on any atom is 0.461 e. The highest BCUT2D eigenvalue weighted by Crippen LogP contribution is 2.42. The Balaban J connectivity index is 2.54. The summed E-state index contributed by atoms with van der Waals surface area (Å²) in [5.41, 5.74) is 6.07. The van der Waals surface area contributed by atoms with Crippen LogP contribution >= 0.6 is 0 Å². The molecule has 1 heterocycles. The minimum atomic E-state index is -5.68. The maximum absolute atomic E-state index is 13.0. The van der Waals surface area contributed by atoms with Gasteiger partial charge in [-0.2, -0.15) is 22.0 Å². The molecule has 8 heteroatoms. The number of hydrogen-bond donors (Lipinski definition) is 2. The number of aromatic nitrogens is 2. The first-order valence-electron chi connectivity index (χ1n) is 4.89. The van der Waals surface area contributed by atoms with E-state index in [4.69, 9.17) is 5.73 Å². The Hall–Kier alpha value is -1.70. The Morgan fingerprint density at radius 3 is 2.39 bits per heavy atom. The van der Waals surface area contributed by atoms with Crippen molar-refractivity contribution in [3.05, 3.63) is 29.6 Å². The molecule has 3 N–H and O–H groups in total. The number of benzene rings is 1. The minimum absolute atomic E-state index is 0.0334. The normalized spacial score (nSPS) is 13.2. The van der Waals surface area contributed by atoms with E-state index in [2.05, 4.69) is 4.98 Å². The van der Waals surface area contributed by atoms with Gasteiger partial charge in [0.25, 0.3) is 0 Å². The molecule has 18 heavy (non-hydrogen) atoms. The predicted molar refractivity (Wildman–Crippen MR) is 53.9 cm³/mol. The Kier molecular flexibility index (Phi) is 2.77. The van der Waals surface area contributed by atoms with Crippen molar-refractivity contribution in [1.82, 2.24) is 9.97 Å². The van der Waals surface area contributed by atoms with E-state index in [1.165, 1.54) is 18.2 Å². The van der Waals surface area contributed by atoms with Crippen molar-refractivity contribution in [2.75, 3.05) is 0 Å². The first kappa shape index (κ1) is 12.7. The van der Waals surface area contributed by atoms with Crippen LogP contribution in [0.3, 0.4) is 0 Å². The number of alkyl halides is 5. The molecular weight excluding hydrogens is 257 g/mol. The van der Waals surface area contributed by atoms with Crippen molar-refractivity contribution in [3.8, 4) is 0 Å². The van der Waals surface area contributed by atoms with Crippen LogP contribution in [0.15, 0.2) is 18.2 Å². The van der Waals surface area contributed by atoms with Gasteiger partial charge in [0.15, 0.2) is 5.82 Å². The molecule has 0 fully saturated rings. The lowest BCUT2D eigenvalue weighted by atomic mass is 10.2. The summed E-state index contributed by atoms with van der Waals surface area (Å²) in [6, 6.07) is 4.24. The molecule has 98 valence electrons. The van der Waals surface area contributed by atoms with Crippen molar-refractivity contribution in [2.24, 2.45) is 5.73 Å². The van der Waals surface area contributed by atoms with E-state index in [9.17, 15) is 22.0 Å². The predicted octanol–water partition coefficient (Wildman–Crippen LogP) is 2.68. The molecule has 0 aliphatic rings. The molecule has 0 saturated heterocycles. The molecule has 0 radical (unpaired) electrons. The van der Waals surface area contributed by atoms with Gasteiger partial charge in [0.1, 0.15) is 0 Å². The van der Waals surface area contributed by atoms with Crippen LogP contribution in [0.4, 0.5) is 22.0 Å². The van der Waals surface area contributed by atoms with Crippen LogP contribution in [0.1, 0.15) is 11.4 Å². The molecule has 1 aromatic carbocycles. The van der Waals surface area contributed by atoms with Crippen molar-refractivity contribution < 1.29 is 22.0 Å². The van der Waals surface area contributed by atoms with Crippen LogP contribution in [-0.4, -0.2) is 16.1 Å². The number of H-pyrrole nitrogens is 1. The molecule has 2 rings (SSSR count). The molecular formula is C10H8F5N3. The van der Waals surface area contributed by atoms with Crippen LogP contribution < -0.4 is 5.73 Å². The Morgan fingerprint density at radius 1 is 1.17 bits per heavy atom. The van der Waals surface area contributed by atoms with Gasteiger partial charge in [0.2, 0.25) is 0 Å². The molecule has 3 nitrogen and oxygen atoms in total. The molecule has 0 unspecified atom stereocenters. The number of nitrogens with one attached hydrogen (secondary N) is 1. The van der Waals surface area contributed by atoms with Crippen LogP contribution in [0.5, 0.6) is 0 Å². The molecule has 0 spiro atoms. The number of nitrogens with two attached hydrogens (primary N) is 1. The van der Waals surface area contributed by atoms with Crippen molar-refractivity contribution in [2.45, 2.75) is 18.6 Å². The second-order valence-corrected chi connectivity index (χ2v) is 3.71. The van der Waals surface area contributed by atoms with Gasteiger partial charge in [0, 0.05) is 6.54 Å². The van der Waals surface area contributed by atoms with Crippen LogP contribution in [0.2, 0.25) is 0 Å². The Labute approximate surface area is 97.8 Å². The summed E-state index contributed by atoms with van der Waals surface area (Å²) in [6.07, 6.45) is -5.68. The highest BCUT2D eigenvalue weighted by atomic mass is 19.4. The molecule has 0 aliphatic heterocycles. The van der Waals surface area contributed by atoms with E-state index in [-0.39, 0.29) is 17.6 Å². The molecule has 1 aromatic heterocycles. The molecule has 0 atom stereocenters. The fourth-order valence-corrected chi connectivity index (χ4v) is 1.47. The number of rotatable bonds is 2. The standard InChI is InChI=1S/C10H8F5N3/c11-9(12,10(13,14)15)8-17-6-2-1-5(4-16)3-7(6)18-8/h1-3H,4,16H2,(H,17,18). The van der Waals surface area contributed by atoms with E-state index in [0.717, 1.165) is 0 Å². The van der Waals surface area contributed by atoms with E-state index < -0.39 is 17.9 Å². The van der Waals surface area contributed by atoms with Crippen molar-refractivity contribution in [3.63, 3.8) is 0 Å². The molecule has 0 aliphatic carbocycles. The van der Waals surface area contributed by atoms with Gasteiger partial charge in [-0.3, -0.25) is 0 Å². The van der Waals surface area contributed by atoms with Crippen molar-refractivity contribution in [1.29, 1.82) is 0 Å². The summed E-state index contributed by atoms with van der Waals surface area (Å²) in [5, 5.41) is 0. The summed E-state index contributed by atoms with van der Waals surface area (Å²) < 4.78 is 62.6. The third-order valence-electron chi connectivity index (χ3n) is 2.44. The Morgan fingerprint density at radius 2 is 1.83 bits per heavy atom. The fourth-order valence-electron chi connectivity index (χ4n) is 1.47. The Bertz CT molecular complexity index is 572. The van der Waals surface area contributed by atoms with Gasteiger partial charge in [-0.25, -0.2) is 4.98 Å². The van der Waals surface area contributed by atoms with E-state index >= 15 is 0 Å². The number of hydrogen-bond acceptors (Lipinski definition) is 2. The van der Waals surface area contributed by atoms with Crippen LogP contribution in [0, 0.1) is 0 Å². The quantitative estimate of drug-likeness (QED) is 0.820. The van der Waals surface area contributed by atoms with Gasteiger partial charge >= 0.3 is 12.1 Å². The maximum atomic E-state index is 13.0. The van der Waals surface area contributed by atoms with Gasteiger partial charge in [-0.05, 0) is 17.7 Å². The minimum Gasteiger partial charge on any atom is -0.337 e. The SMILES string of the molecule is NCc1ccc2nc(C(F)(F)C(F)(F)F)[nH]c2c1. The zero-order valence-electron chi connectivity index (χ0n) is 8.85. The topological polar surface area (TPSA) is 54.7 Å². The molecule has 0 amide bonds. The van der Waals surface area contributed by atoms with E-state index in [1.807, 2.05) is 4.98 Å². The lowest BCUT2D eigenvalue weighted by Crippen LogP contribution is -2.34. The highest BCUT2D eigenvalue weighted by Gasteiger charge is 2.61. The molecule has 2 aromatic rings. The first-order chi connectivity index (χ1) is 8.25. The second-order valence-electron chi connectivity index (χ2n) is 3.71. The number of imidazole rings is 1. The zero-order valence-corrected chi connectivity index (χ0v) is 8.85. The van der Waals surface area contributed by atoms with Crippen LogP contribution in [-0.2, 0) is 12.5 Å². The second kappa shape index (κ2) is 3.91. The van der Waals surface area contributed by atoms with E-state index in [0.29, 0.717) is 5.56 Å². The summed E-state index contributed by atoms with van der Waals surface area (Å²) in [7, 11) is 0. The number of fused-ring (bicyclic) bond motifs is 1. The lowest BCUT2D eigenvalue weighted by Gasteiger charge is -2.16. The van der Waals surface area contributed by atoms with Gasteiger partial charge in [-0.15, -0.1) is 0 Å². The monoisotopic (exact) mass is 265 g/mol. The van der Waals surface area contributed by atoms with E-state index in [1.54, 1.807) is 0 Å². The zero-order chi connectivity index (χ0) is 13.6. The highest BCUT2D eigenvalue weighted by molar-refractivity contribution is 5.76. The third kappa shape index (κ3) is 1.92. The van der Waals surface area contributed by atoms with Gasteiger partial charge in [-0.1, -0.05) is 6.07 Å². The largest absolute Gasteiger partial charge is 0.461 e. The summed E-state index contributed by atoms with van der Waals surface area (Å²) in [4.78, 5) is 5.24. The van der Waals surface area contributed by atoms with Gasteiger partial charge in [0.05, 0.1) is 11.0 Å². The number of halogens is 5. The van der Waals surface area contributed by atoms with Gasteiger partial charge < -0.3 is 10.7 Å². The van der Waals surface area contributed by atoms with Crippen LogP contribution in [0.25, 0.3) is 11.0 Å². The fraction of sp³-hybridized carbons (Fsp3) is 0.300. The number of nitrogens with zero attached hydrogens (tertiary/aromatic N) is 1. The number of aromatic amines is 1. The average Bonchev–Trinajstić information content (AvgIpc) is 2.70. The smallest absolute Gasteiger partial charge is 0.337 e. The third-order valence-corrected chi connectivity index (χ3v) is 2.44. The molecule has 0 bridgehead atoms. The van der Waals surface area contributed by atoms with Crippen molar-refractivity contribution >= 4 is 11.0 Å². The average molecular weight is 265 g/mol. The molecule has 0 saturated carbocycles. The summed E-state index contributed by atoms with van der Waals surface area (Å²) >= 11 is 0. The summed E-state index contributed by atoms with van der Waals surface area (Å²) in [6.45, 7) is 0.153. The lowest BCUT2D eigenvalue weighted by molar-refractivity contribution is -0.292. The first-order valence-corrected chi connectivity index (χ1v) is 4.89. The summed E-state index contributed by atoms with van der Waals surface area (Å²) in [5.74, 6) is -6.42.